The fourth-order valence-corrected chi connectivity index (χ4v) is 2.90. The van der Waals surface area contributed by atoms with Crippen LogP contribution in [0.1, 0.15) is 43.4 Å². The summed E-state index contributed by atoms with van der Waals surface area (Å²) in [7, 11) is 0. The zero-order valence-electron chi connectivity index (χ0n) is 13.0. The number of aryl methyl sites for hydroxylation is 1. The largest absolute Gasteiger partial charge is 0.370 e. The fourth-order valence-electron chi connectivity index (χ4n) is 2.90. The molecule has 3 N–H and O–H groups in total. The number of nitrogens with one attached hydrogen (secondary N) is 1. The van der Waals surface area contributed by atoms with Crippen LogP contribution in [0.25, 0.3) is 5.65 Å². The molecule has 3 rings (SSSR count). The van der Waals surface area contributed by atoms with Gasteiger partial charge in [-0.25, -0.2) is 9.98 Å². The lowest BCUT2D eigenvalue weighted by molar-refractivity contribution is 0.412. The first-order valence-corrected chi connectivity index (χ1v) is 7.71. The van der Waals surface area contributed by atoms with Crippen LogP contribution in [0.3, 0.4) is 0 Å². The number of fused-ring (bicyclic) bond motifs is 1. The predicted molar refractivity (Wildman–Crippen MR) is 101 cm³/mol. The molecule has 0 aromatic carbocycles. The van der Waals surface area contributed by atoms with Gasteiger partial charge in [-0.15, -0.1) is 24.0 Å². The molecule has 0 aliphatic heterocycles. The summed E-state index contributed by atoms with van der Waals surface area (Å²) >= 11 is 0. The number of hydrogen-bond donors (Lipinski definition) is 2. The summed E-state index contributed by atoms with van der Waals surface area (Å²) in [6.45, 7) is 2.59. The summed E-state index contributed by atoms with van der Waals surface area (Å²) in [5, 5.41) is 3.33. The molecule has 1 aliphatic carbocycles. The van der Waals surface area contributed by atoms with Gasteiger partial charge in [0.1, 0.15) is 5.65 Å². The Morgan fingerprint density at radius 3 is 2.86 bits per heavy atom. The Kier molecular flexibility index (Phi) is 6.05. The molecule has 0 bridgehead atoms. The lowest BCUT2D eigenvalue weighted by Gasteiger charge is -2.23. The molecule has 1 saturated carbocycles. The van der Waals surface area contributed by atoms with E-state index in [0.717, 1.165) is 11.3 Å². The number of aromatic nitrogens is 2. The van der Waals surface area contributed by atoms with Gasteiger partial charge in [0, 0.05) is 18.4 Å². The van der Waals surface area contributed by atoms with E-state index < -0.39 is 0 Å². The van der Waals surface area contributed by atoms with Crippen LogP contribution in [0.2, 0.25) is 0 Å². The number of pyridine rings is 1. The van der Waals surface area contributed by atoms with Crippen LogP contribution < -0.4 is 11.1 Å². The van der Waals surface area contributed by atoms with Crippen molar-refractivity contribution in [3.8, 4) is 0 Å². The highest BCUT2D eigenvalue weighted by atomic mass is 127. The second-order valence-electron chi connectivity index (χ2n) is 5.88. The van der Waals surface area contributed by atoms with Gasteiger partial charge in [0.2, 0.25) is 0 Å². The zero-order valence-corrected chi connectivity index (χ0v) is 15.3. The van der Waals surface area contributed by atoms with E-state index in [0.29, 0.717) is 18.5 Å². The summed E-state index contributed by atoms with van der Waals surface area (Å²) in [6, 6.07) is 4.58. The van der Waals surface area contributed by atoms with Crippen molar-refractivity contribution in [3.63, 3.8) is 0 Å². The number of guanidine groups is 1. The molecule has 2 aromatic rings. The number of halogens is 1. The highest BCUT2D eigenvalue weighted by Crippen LogP contribution is 2.17. The third-order valence-electron chi connectivity index (χ3n) is 4.02. The van der Waals surface area contributed by atoms with Crippen molar-refractivity contribution in [2.45, 2.75) is 51.6 Å². The second-order valence-corrected chi connectivity index (χ2v) is 5.88. The average Bonchev–Trinajstić information content (AvgIpc) is 2.88. The van der Waals surface area contributed by atoms with Crippen LogP contribution in [0.15, 0.2) is 29.5 Å². The maximum atomic E-state index is 5.98. The quantitative estimate of drug-likeness (QED) is 0.462. The molecule has 1 aliphatic rings. The maximum Gasteiger partial charge on any atom is 0.189 e. The Balaban J connectivity index is 0.00000176. The fraction of sp³-hybridized carbons (Fsp3) is 0.500. The van der Waals surface area contributed by atoms with E-state index in [1.807, 2.05) is 16.7 Å². The molecule has 0 saturated heterocycles. The van der Waals surface area contributed by atoms with E-state index >= 15 is 0 Å². The van der Waals surface area contributed by atoms with Crippen LogP contribution in [-0.2, 0) is 6.54 Å². The van der Waals surface area contributed by atoms with E-state index in [-0.39, 0.29) is 24.0 Å². The molecule has 0 spiro atoms. The molecule has 120 valence electrons. The van der Waals surface area contributed by atoms with Crippen LogP contribution in [0.5, 0.6) is 0 Å². The highest BCUT2D eigenvalue weighted by molar-refractivity contribution is 14.0. The summed E-state index contributed by atoms with van der Waals surface area (Å²) in [6.07, 6.45) is 10.4. The van der Waals surface area contributed by atoms with Crippen LogP contribution in [0, 0.1) is 6.92 Å². The van der Waals surface area contributed by atoms with Gasteiger partial charge in [0.05, 0.1) is 12.2 Å². The molecule has 2 heterocycles. The van der Waals surface area contributed by atoms with Gasteiger partial charge in [-0.05, 0) is 31.4 Å². The SMILES string of the molecule is Cc1ccc2nc(CN=C(N)NC3CCCCC3)cn2c1.I. The molecule has 1 fully saturated rings. The number of aliphatic imine (C=N–C) groups is 1. The van der Waals surface area contributed by atoms with Crippen LogP contribution >= 0.6 is 24.0 Å². The first-order chi connectivity index (χ1) is 10.2. The minimum Gasteiger partial charge on any atom is -0.370 e. The van der Waals surface area contributed by atoms with E-state index in [9.17, 15) is 0 Å². The van der Waals surface area contributed by atoms with E-state index in [1.54, 1.807) is 0 Å². The van der Waals surface area contributed by atoms with Crippen molar-refractivity contribution in [2.24, 2.45) is 10.7 Å². The molecular weight excluding hydrogens is 389 g/mol. The van der Waals surface area contributed by atoms with E-state index in [1.165, 1.54) is 37.7 Å². The zero-order chi connectivity index (χ0) is 14.7. The van der Waals surface area contributed by atoms with Crippen LogP contribution in [-0.4, -0.2) is 21.4 Å². The van der Waals surface area contributed by atoms with Gasteiger partial charge >= 0.3 is 0 Å². The first-order valence-electron chi connectivity index (χ1n) is 7.71. The molecule has 5 nitrogen and oxygen atoms in total. The summed E-state index contributed by atoms with van der Waals surface area (Å²) < 4.78 is 2.03. The standard InChI is InChI=1S/C16H23N5.HI/c1-12-7-8-15-19-14(11-21(15)10-12)9-18-16(17)20-13-5-3-2-4-6-13;/h7-8,10-11,13H,2-6,9H2,1H3,(H3,17,18,20);1H. The van der Waals surface area contributed by atoms with Crippen molar-refractivity contribution in [1.82, 2.24) is 14.7 Å². The van der Waals surface area contributed by atoms with Crippen molar-refractivity contribution in [1.29, 1.82) is 0 Å². The number of nitrogens with zero attached hydrogens (tertiary/aromatic N) is 3. The van der Waals surface area contributed by atoms with Gasteiger partial charge < -0.3 is 15.5 Å². The third-order valence-corrected chi connectivity index (χ3v) is 4.02. The van der Waals surface area contributed by atoms with Gasteiger partial charge in [0.25, 0.3) is 0 Å². The molecule has 0 radical (unpaired) electrons. The first kappa shape index (κ1) is 17.1. The molecule has 6 heteroatoms. The van der Waals surface area contributed by atoms with Crippen molar-refractivity contribution < 1.29 is 0 Å². The molecule has 0 atom stereocenters. The summed E-state index contributed by atoms with van der Waals surface area (Å²) in [5.41, 5.74) is 9.08. The van der Waals surface area contributed by atoms with Crippen molar-refractivity contribution in [3.05, 3.63) is 35.8 Å². The monoisotopic (exact) mass is 413 g/mol. The molecule has 22 heavy (non-hydrogen) atoms. The number of imidazole rings is 1. The van der Waals surface area contributed by atoms with Gasteiger partial charge in [-0.2, -0.15) is 0 Å². The van der Waals surface area contributed by atoms with Crippen molar-refractivity contribution >= 4 is 35.6 Å². The van der Waals surface area contributed by atoms with Crippen LogP contribution in [0.4, 0.5) is 0 Å². The average molecular weight is 413 g/mol. The Labute approximate surface area is 148 Å². The Hall–Kier alpha value is -1.31. The van der Waals surface area contributed by atoms with E-state index in [2.05, 4.69) is 34.5 Å². The van der Waals surface area contributed by atoms with E-state index in [4.69, 9.17) is 5.73 Å². The molecular formula is C16H24IN5. The minimum atomic E-state index is 0. The lowest BCUT2D eigenvalue weighted by Crippen LogP contribution is -2.41. The highest BCUT2D eigenvalue weighted by Gasteiger charge is 2.13. The number of rotatable bonds is 3. The van der Waals surface area contributed by atoms with Gasteiger partial charge in [-0.3, -0.25) is 0 Å². The molecule has 2 aromatic heterocycles. The Morgan fingerprint density at radius 1 is 1.32 bits per heavy atom. The second kappa shape index (κ2) is 7.80. The predicted octanol–water partition coefficient (Wildman–Crippen LogP) is 3.00. The molecule has 0 unspecified atom stereocenters. The third kappa shape index (κ3) is 4.34. The lowest BCUT2D eigenvalue weighted by atomic mass is 9.96. The topological polar surface area (TPSA) is 67.7 Å². The maximum absolute atomic E-state index is 5.98. The Morgan fingerprint density at radius 2 is 2.09 bits per heavy atom. The van der Waals surface area contributed by atoms with Crippen molar-refractivity contribution in [2.75, 3.05) is 0 Å². The molecule has 0 amide bonds. The summed E-state index contributed by atoms with van der Waals surface area (Å²) in [5.74, 6) is 0.537. The number of nitrogens with two attached hydrogens (primary N) is 1. The minimum absolute atomic E-state index is 0. The number of hydrogen-bond acceptors (Lipinski definition) is 2. The Bertz CT molecular complexity index is 643. The van der Waals surface area contributed by atoms with Gasteiger partial charge in [0.15, 0.2) is 5.96 Å². The normalized spacial score (nSPS) is 16.5. The smallest absolute Gasteiger partial charge is 0.189 e. The summed E-state index contributed by atoms with van der Waals surface area (Å²) in [4.78, 5) is 8.96. The van der Waals surface area contributed by atoms with Gasteiger partial charge in [-0.1, -0.05) is 25.3 Å².